The van der Waals surface area contributed by atoms with Crippen molar-refractivity contribution >= 4 is 12.0 Å². The van der Waals surface area contributed by atoms with Gasteiger partial charge in [-0.15, -0.1) is 0 Å². The van der Waals surface area contributed by atoms with Crippen LogP contribution in [0, 0.1) is 11.7 Å². The van der Waals surface area contributed by atoms with Gasteiger partial charge in [0.1, 0.15) is 5.82 Å². The number of hydrogen-bond donors (Lipinski definition) is 2. The van der Waals surface area contributed by atoms with E-state index in [1.54, 1.807) is 31.2 Å². The van der Waals surface area contributed by atoms with Crippen LogP contribution >= 0.6 is 0 Å². The van der Waals surface area contributed by atoms with Gasteiger partial charge in [-0.3, -0.25) is 4.79 Å². The largest absolute Gasteiger partial charge is 0.393 e. The molecule has 0 aliphatic rings. The minimum atomic E-state index is -0.347. The van der Waals surface area contributed by atoms with Gasteiger partial charge in [0.25, 0.3) is 0 Å². The molecule has 2 unspecified atom stereocenters. The zero-order valence-electron chi connectivity index (χ0n) is 12.0. The van der Waals surface area contributed by atoms with Gasteiger partial charge in [0.05, 0.1) is 6.10 Å². The zero-order valence-corrected chi connectivity index (χ0v) is 12.0. The van der Waals surface area contributed by atoms with Gasteiger partial charge in [0, 0.05) is 13.0 Å². The summed E-state index contributed by atoms with van der Waals surface area (Å²) in [6.45, 7) is 4.29. The predicted molar refractivity (Wildman–Crippen MR) is 78.5 cm³/mol. The molecule has 0 aromatic heterocycles. The maximum Gasteiger partial charge on any atom is 0.223 e. The number of amides is 1. The van der Waals surface area contributed by atoms with E-state index >= 15 is 0 Å². The zero-order chi connectivity index (χ0) is 15.0. The van der Waals surface area contributed by atoms with Crippen LogP contribution in [0.2, 0.25) is 0 Å². The van der Waals surface area contributed by atoms with E-state index in [1.165, 1.54) is 12.1 Å². The van der Waals surface area contributed by atoms with Gasteiger partial charge in [-0.2, -0.15) is 0 Å². The number of halogens is 1. The highest BCUT2D eigenvalue weighted by atomic mass is 19.1. The number of nitrogens with one attached hydrogen (secondary N) is 1. The molecule has 3 nitrogen and oxygen atoms in total. The van der Waals surface area contributed by atoms with Crippen molar-refractivity contribution in [1.82, 2.24) is 5.32 Å². The fraction of sp³-hybridized carbons (Fsp3) is 0.438. The monoisotopic (exact) mass is 279 g/mol. The van der Waals surface area contributed by atoms with E-state index in [2.05, 4.69) is 5.32 Å². The molecule has 0 heterocycles. The molecule has 1 rings (SSSR count). The Morgan fingerprint density at radius 1 is 1.35 bits per heavy atom. The van der Waals surface area contributed by atoms with E-state index < -0.39 is 0 Å². The van der Waals surface area contributed by atoms with E-state index in [0.717, 1.165) is 5.56 Å². The third kappa shape index (κ3) is 7.04. The molecular formula is C16H22FNO2. The van der Waals surface area contributed by atoms with Gasteiger partial charge < -0.3 is 10.4 Å². The minimum Gasteiger partial charge on any atom is -0.393 e. The molecule has 0 bridgehead atoms. The van der Waals surface area contributed by atoms with Gasteiger partial charge >= 0.3 is 0 Å². The number of carbonyl (C=O) groups is 1. The van der Waals surface area contributed by atoms with Crippen molar-refractivity contribution in [2.45, 2.75) is 32.8 Å². The molecule has 0 saturated heterocycles. The fourth-order valence-electron chi connectivity index (χ4n) is 1.90. The molecule has 110 valence electrons. The summed E-state index contributed by atoms with van der Waals surface area (Å²) in [4.78, 5) is 11.6. The summed E-state index contributed by atoms with van der Waals surface area (Å²) in [5.74, 6) is -0.0761. The van der Waals surface area contributed by atoms with E-state index in [-0.39, 0.29) is 23.7 Å². The highest BCUT2D eigenvalue weighted by molar-refractivity contribution is 5.78. The van der Waals surface area contributed by atoms with Gasteiger partial charge in [-0.1, -0.05) is 31.2 Å². The van der Waals surface area contributed by atoms with E-state index in [4.69, 9.17) is 0 Å². The highest BCUT2D eigenvalue weighted by Gasteiger charge is 2.07. The van der Waals surface area contributed by atoms with Crippen LogP contribution in [-0.2, 0) is 4.79 Å². The Morgan fingerprint density at radius 2 is 2.00 bits per heavy atom. The quantitative estimate of drug-likeness (QED) is 0.806. The van der Waals surface area contributed by atoms with Crippen molar-refractivity contribution in [3.05, 3.63) is 41.7 Å². The summed E-state index contributed by atoms with van der Waals surface area (Å²) in [6.07, 6.45) is 4.16. The molecule has 2 atom stereocenters. The second kappa shape index (κ2) is 8.48. The topological polar surface area (TPSA) is 49.3 Å². The Labute approximate surface area is 119 Å². The number of benzene rings is 1. The lowest BCUT2D eigenvalue weighted by Crippen LogP contribution is -2.28. The predicted octanol–water partition coefficient (Wildman–Crippen LogP) is 2.75. The summed E-state index contributed by atoms with van der Waals surface area (Å²) in [5, 5.41) is 12.0. The molecule has 0 saturated carbocycles. The third-order valence-electron chi connectivity index (χ3n) is 2.87. The van der Waals surface area contributed by atoms with E-state index in [9.17, 15) is 14.3 Å². The lowest BCUT2D eigenvalue weighted by Gasteiger charge is -2.13. The van der Waals surface area contributed by atoms with Gasteiger partial charge in [-0.25, -0.2) is 4.39 Å². The van der Waals surface area contributed by atoms with Crippen LogP contribution in [0.4, 0.5) is 4.39 Å². The Bertz CT molecular complexity index is 440. The number of aliphatic hydroxyl groups is 1. The first-order chi connectivity index (χ1) is 9.47. The van der Waals surface area contributed by atoms with Crippen LogP contribution in [0.5, 0.6) is 0 Å². The Kier molecular flexibility index (Phi) is 6.94. The number of rotatable bonds is 7. The summed E-state index contributed by atoms with van der Waals surface area (Å²) >= 11 is 0. The molecule has 20 heavy (non-hydrogen) atoms. The van der Waals surface area contributed by atoms with Gasteiger partial charge in [0.2, 0.25) is 5.91 Å². The summed E-state index contributed by atoms with van der Waals surface area (Å²) in [5.41, 5.74) is 0.863. The van der Waals surface area contributed by atoms with Crippen LogP contribution in [0.3, 0.4) is 0 Å². The third-order valence-corrected chi connectivity index (χ3v) is 2.87. The fourth-order valence-corrected chi connectivity index (χ4v) is 1.90. The molecule has 0 aliphatic heterocycles. The molecule has 0 spiro atoms. The van der Waals surface area contributed by atoms with Crippen molar-refractivity contribution in [2.75, 3.05) is 6.54 Å². The molecule has 4 heteroatoms. The van der Waals surface area contributed by atoms with Crippen LogP contribution in [-0.4, -0.2) is 23.7 Å². The standard InChI is InChI=1S/C16H22FNO2/c1-12(10-13(2)19)11-18-16(20)5-3-4-14-6-8-15(17)9-7-14/h3-4,6-9,12-13,19H,5,10-11H2,1-2H3,(H,18,20). The first-order valence-corrected chi connectivity index (χ1v) is 6.84. The number of aliphatic hydroxyl groups excluding tert-OH is 1. The van der Waals surface area contributed by atoms with Crippen LogP contribution in [0.1, 0.15) is 32.3 Å². The van der Waals surface area contributed by atoms with E-state index in [0.29, 0.717) is 19.4 Å². The Balaban J connectivity index is 2.27. The van der Waals surface area contributed by atoms with Crippen LogP contribution < -0.4 is 5.32 Å². The first-order valence-electron chi connectivity index (χ1n) is 6.84. The molecule has 1 amide bonds. The van der Waals surface area contributed by atoms with Crippen molar-refractivity contribution in [2.24, 2.45) is 5.92 Å². The summed E-state index contributed by atoms with van der Waals surface area (Å²) in [6, 6.07) is 6.10. The average Bonchev–Trinajstić information content (AvgIpc) is 2.38. The Morgan fingerprint density at radius 3 is 2.60 bits per heavy atom. The van der Waals surface area contributed by atoms with Crippen molar-refractivity contribution in [3.63, 3.8) is 0 Å². The minimum absolute atomic E-state index is 0.0548. The second-order valence-electron chi connectivity index (χ2n) is 5.15. The smallest absolute Gasteiger partial charge is 0.223 e. The van der Waals surface area contributed by atoms with Gasteiger partial charge in [0.15, 0.2) is 0 Å². The molecule has 2 N–H and O–H groups in total. The molecular weight excluding hydrogens is 257 g/mol. The molecule has 1 aromatic rings. The van der Waals surface area contributed by atoms with Gasteiger partial charge in [-0.05, 0) is 37.0 Å². The molecule has 0 fully saturated rings. The first kappa shape index (κ1) is 16.4. The summed E-state index contributed by atoms with van der Waals surface area (Å²) < 4.78 is 12.7. The Hall–Kier alpha value is -1.68. The number of carbonyl (C=O) groups excluding carboxylic acids is 1. The summed E-state index contributed by atoms with van der Waals surface area (Å²) in [7, 11) is 0. The SMILES string of the molecule is CC(O)CC(C)CNC(=O)CC=Cc1ccc(F)cc1. The molecule has 1 aromatic carbocycles. The lowest BCUT2D eigenvalue weighted by molar-refractivity contribution is -0.120. The molecule has 0 aliphatic carbocycles. The highest BCUT2D eigenvalue weighted by Crippen LogP contribution is 2.06. The average molecular weight is 279 g/mol. The maximum atomic E-state index is 12.7. The van der Waals surface area contributed by atoms with Crippen LogP contribution in [0.15, 0.2) is 30.3 Å². The van der Waals surface area contributed by atoms with Crippen LogP contribution in [0.25, 0.3) is 6.08 Å². The van der Waals surface area contributed by atoms with Crippen molar-refractivity contribution in [3.8, 4) is 0 Å². The van der Waals surface area contributed by atoms with Crippen molar-refractivity contribution < 1.29 is 14.3 Å². The van der Waals surface area contributed by atoms with Crippen molar-refractivity contribution in [1.29, 1.82) is 0 Å². The lowest BCUT2D eigenvalue weighted by atomic mass is 10.0. The normalized spacial score (nSPS) is 14.2. The number of hydrogen-bond acceptors (Lipinski definition) is 2. The second-order valence-corrected chi connectivity index (χ2v) is 5.15. The van der Waals surface area contributed by atoms with E-state index in [1.807, 2.05) is 6.92 Å². The molecule has 0 radical (unpaired) electrons. The maximum absolute atomic E-state index is 12.7.